The third kappa shape index (κ3) is 30.6. The predicted octanol–water partition coefficient (Wildman–Crippen LogP) is 3.42. The monoisotopic (exact) mass is 406 g/mol. The Morgan fingerprint density at radius 1 is 1.25 bits per heavy atom. The molecule has 0 atom stereocenters. The van der Waals surface area contributed by atoms with E-state index in [0.717, 1.165) is 0 Å². The quantitative estimate of drug-likeness (QED) is 0.517. The fourth-order valence-electron chi connectivity index (χ4n) is 0.321. The summed E-state index contributed by atoms with van der Waals surface area (Å²) >= 11 is -0.556. The molecule has 0 aromatic heterocycles. The van der Waals surface area contributed by atoms with Gasteiger partial charge in [-0.3, -0.25) is 0 Å². The fraction of sp³-hybridized carbons (Fsp3) is 0.286. The Hall–Kier alpha value is 0.969. The Bertz CT molecular complexity index is 116. The van der Waals surface area contributed by atoms with Crippen LogP contribution in [-0.4, -0.2) is 18.2 Å². The van der Waals surface area contributed by atoms with E-state index >= 15 is 0 Å². The Morgan fingerprint density at radius 2 is 1.50 bits per heavy atom. The first kappa shape index (κ1) is 15.4. The van der Waals surface area contributed by atoms with Gasteiger partial charge in [0.1, 0.15) is 0 Å². The van der Waals surface area contributed by atoms with Crippen molar-refractivity contribution in [3.05, 3.63) is 30.3 Å². The topological polar surface area (TPSA) is 20.2 Å². The summed E-state index contributed by atoms with van der Waals surface area (Å²) < 4.78 is 0. The predicted molar refractivity (Wildman–Crippen MR) is 54.7 cm³/mol. The smallest absolute Gasteiger partial charge is 0.172 e. The first-order chi connectivity index (χ1) is 5.65. The van der Waals surface area contributed by atoms with Gasteiger partial charge in [0.05, 0.1) is 0 Å². The SMILES string of the molecule is CP(C)O.[Cl][Ir+][Cl].c1cc[cH-]c1. The van der Waals surface area contributed by atoms with Gasteiger partial charge >= 0.3 is 34.8 Å². The molecule has 0 unspecified atom stereocenters. The summed E-state index contributed by atoms with van der Waals surface area (Å²) in [6, 6.07) is 10.0. The van der Waals surface area contributed by atoms with Crippen molar-refractivity contribution in [1.29, 1.82) is 0 Å². The molecule has 1 nitrogen and oxygen atoms in total. The van der Waals surface area contributed by atoms with Crippen LogP contribution in [0.5, 0.6) is 0 Å². The first-order valence-electron chi connectivity index (χ1n) is 3.01. The molecule has 1 N–H and O–H groups in total. The molecule has 0 spiro atoms. The average Bonchev–Trinajstić information content (AvgIpc) is 2.40. The van der Waals surface area contributed by atoms with E-state index in [1.165, 1.54) is 0 Å². The Morgan fingerprint density at radius 3 is 1.58 bits per heavy atom. The van der Waals surface area contributed by atoms with E-state index in [1.807, 2.05) is 30.3 Å². The van der Waals surface area contributed by atoms with Crippen molar-refractivity contribution in [3.8, 4) is 0 Å². The minimum absolute atomic E-state index is 0.556. The van der Waals surface area contributed by atoms with Crippen molar-refractivity contribution >= 4 is 27.3 Å². The Balaban J connectivity index is 0. The van der Waals surface area contributed by atoms with Gasteiger partial charge in [-0.15, -0.1) is 0 Å². The minimum Gasteiger partial charge on any atom is -0.214 e. The van der Waals surface area contributed by atoms with Gasteiger partial charge < -0.3 is 4.89 Å². The second-order valence-corrected chi connectivity index (χ2v) is 7.01. The largest absolute Gasteiger partial charge is 0.214 e. The molecule has 1 aromatic carbocycles. The van der Waals surface area contributed by atoms with E-state index in [4.69, 9.17) is 24.1 Å². The maximum Gasteiger partial charge on any atom is -0.172 e. The van der Waals surface area contributed by atoms with Crippen LogP contribution in [-0.2, 0) is 15.7 Å². The van der Waals surface area contributed by atoms with Crippen LogP contribution in [0.4, 0.5) is 0 Å². The second-order valence-electron chi connectivity index (χ2n) is 1.86. The molecule has 0 aliphatic heterocycles. The van der Waals surface area contributed by atoms with Gasteiger partial charge in [0.2, 0.25) is 0 Å². The van der Waals surface area contributed by atoms with Crippen molar-refractivity contribution in [3.63, 3.8) is 0 Å². The van der Waals surface area contributed by atoms with Gasteiger partial charge in [0, 0.05) is 8.15 Å². The molecule has 0 radical (unpaired) electrons. The zero-order valence-corrected chi connectivity index (χ0v) is 11.7. The summed E-state index contributed by atoms with van der Waals surface area (Å²) in [5, 5.41) is 0. The maximum absolute atomic E-state index is 8.12. The summed E-state index contributed by atoms with van der Waals surface area (Å²) in [5.41, 5.74) is 0. The molecule has 0 fully saturated rings. The fourth-order valence-corrected chi connectivity index (χ4v) is 0.321. The van der Waals surface area contributed by atoms with E-state index in [1.54, 1.807) is 13.3 Å². The molecule has 1 aromatic rings. The minimum atomic E-state index is -0.620. The van der Waals surface area contributed by atoms with Crippen molar-refractivity contribution in [2.24, 2.45) is 0 Å². The molecule has 0 aliphatic rings. The van der Waals surface area contributed by atoms with Crippen molar-refractivity contribution in [1.82, 2.24) is 0 Å². The zero-order valence-electron chi connectivity index (χ0n) is 6.87. The van der Waals surface area contributed by atoms with E-state index in [0.29, 0.717) is 0 Å². The number of hydrogen-bond acceptors (Lipinski definition) is 1. The zero-order chi connectivity index (χ0) is 9.82. The number of hydrogen-bond donors (Lipinski definition) is 1. The van der Waals surface area contributed by atoms with Crippen LogP contribution in [0, 0.1) is 0 Å². The van der Waals surface area contributed by atoms with Crippen LogP contribution < -0.4 is 0 Å². The van der Waals surface area contributed by atoms with Gasteiger partial charge in [0.25, 0.3) is 0 Å². The Kier molecular flexibility index (Phi) is 18.6. The molecule has 0 amide bonds. The van der Waals surface area contributed by atoms with Gasteiger partial charge in [-0.05, 0) is 13.3 Å². The third-order valence-electron chi connectivity index (χ3n) is 0.556. The molecular formula is C7H12Cl2IrOP. The second kappa shape index (κ2) is 14.5. The normalized spacial score (nSPS) is 8.17. The maximum atomic E-state index is 8.12. The molecule has 0 bridgehead atoms. The molecule has 74 valence electrons. The molecule has 5 heteroatoms. The van der Waals surface area contributed by atoms with Crippen LogP contribution in [0.2, 0.25) is 0 Å². The Labute approximate surface area is 91.2 Å². The molecule has 0 aliphatic carbocycles. The van der Waals surface area contributed by atoms with Crippen LogP contribution >= 0.6 is 27.3 Å². The molecule has 0 heterocycles. The summed E-state index contributed by atoms with van der Waals surface area (Å²) in [4.78, 5) is 8.12. The van der Waals surface area contributed by atoms with Gasteiger partial charge in [-0.2, -0.15) is 18.2 Å². The van der Waals surface area contributed by atoms with E-state index < -0.39 is 23.8 Å². The van der Waals surface area contributed by atoms with Crippen molar-refractivity contribution in [2.75, 3.05) is 13.3 Å². The van der Waals surface area contributed by atoms with Crippen LogP contribution in [0.3, 0.4) is 0 Å². The first-order valence-corrected chi connectivity index (χ1v) is 11.1. The van der Waals surface area contributed by atoms with Crippen molar-refractivity contribution < 1.29 is 20.6 Å². The molecule has 0 saturated carbocycles. The molecule has 12 heavy (non-hydrogen) atoms. The van der Waals surface area contributed by atoms with E-state index in [-0.39, 0.29) is 0 Å². The van der Waals surface area contributed by atoms with E-state index in [9.17, 15) is 0 Å². The number of halogens is 2. The molecule has 1 rings (SSSR count). The van der Waals surface area contributed by atoms with Gasteiger partial charge in [-0.1, -0.05) is 0 Å². The molecular weight excluding hydrogens is 394 g/mol. The summed E-state index contributed by atoms with van der Waals surface area (Å²) in [5.74, 6) is 0. The average molecular weight is 406 g/mol. The van der Waals surface area contributed by atoms with Crippen LogP contribution in [0.15, 0.2) is 30.3 Å². The van der Waals surface area contributed by atoms with Crippen molar-refractivity contribution in [2.45, 2.75) is 0 Å². The van der Waals surface area contributed by atoms with Gasteiger partial charge in [-0.25, -0.2) is 12.1 Å². The standard InChI is InChI=1S/C5H5.C2H7OP.2ClH.Ir/c1-2-4-5-3-1;1-4(2)3;;;/h1-5H;3H,1-2H3;2*1H;/q-1;;;;+3/p-2. The molecule has 0 saturated heterocycles. The number of rotatable bonds is 0. The van der Waals surface area contributed by atoms with Gasteiger partial charge in [0.15, 0.2) is 0 Å². The summed E-state index contributed by atoms with van der Waals surface area (Å²) in [6.45, 7) is 3.57. The van der Waals surface area contributed by atoms with Crippen LogP contribution in [0.25, 0.3) is 0 Å². The summed E-state index contributed by atoms with van der Waals surface area (Å²) in [6.07, 6.45) is 0. The van der Waals surface area contributed by atoms with Crippen LogP contribution in [0.1, 0.15) is 0 Å². The third-order valence-corrected chi connectivity index (χ3v) is 0.556. The summed E-state index contributed by atoms with van der Waals surface area (Å²) in [7, 11) is 9.16. The van der Waals surface area contributed by atoms with E-state index in [2.05, 4.69) is 0 Å².